The van der Waals surface area contributed by atoms with Gasteiger partial charge in [0, 0.05) is 18.2 Å². The molecule has 114 valence electrons. The molecule has 2 unspecified atom stereocenters. The Morgan fingerprint density at radius 3 is 2.86 bits per heavy atom. The van der Waals surface area contributed by atoms with Gasteiger partial charge in [0.2, 0.25) is 0 Å². The van der Waals surface area contributed by atoms with Crippen molar-refractivity contribution in [2.45, 2.75) is 31.8 Å². The molecule has 0 spiro atoms. The number of nitrogens with one attached hydrogen (secondary N) is 1. The van der Waals surface area contributed by atoms with E-state index in [-0.39, 0.29) is 12.1 Å². The molecule has 2 atom stereocenters. The molecule has 2 amide bonds. The van der Waals surface area contributed by atoms with Crippen LogP contribution >= 0.6 is 11.8 Å². The average Bonchev–Trinajstić information content (AvgIpc) is 2.84. The van der Waals surface area contributed by atoms with Gasteiger partial charge in [-0.1, -0.05) is 18.2 Å². The lowest BCUT2D eigenvalue weighted by Gasteiger charge is -2.25. The van der Waals surface area contributed by atoms with Crippen molar-refractivity contribution in [3.8, 4) is 0 Å². The smallest absolute Gasteiger partial charge is 0.327 e. The number of carboxylic acids is 1. The lowest BCUT2D eigenvalue weighted by molar-refractivity contribution is -0.138. The lowest BCUT2D eigenvalue weighted by atomic mass is 10.1. The molecule has 2 rings (SSSR count). The number of aliphatic carboxylic acids is 1. The highest BCUT2D eigenvalue weighted by molar-refractivity contribution is 7.98. The summed E-state index contributed by atoms with van der Waals surface area (Å²) in [6.45, 7) is 1.94. The van der Waals surface area contributed by atoms with Gasteiger partial charge in [0.05, 0.1) is 0 Å². The second-order valence-electron chi connectivity index (χ2n) is 5.19. The zero-order valence-electron chi connectivity index (χ0n) is 12.2. The molecule has 1 aliphatic rings. The van der Waals surface area contributed by atoms with E-state index in [9.17, 15) is 14.7 Å². The van der Waals surface area contributed by atoms with E-state index in [0.29, 0.717) is 12.1 Å². The van der Waals surface area contributed by atoms with Crippen LogP contribution in [0.15, 0.2) is 24.3 Å². The number of urea groups is 1. The summed E-state index contributed by atoms with van der Waals surface area (Å²) < 4.78 is 0. The number of carboxylic acid groups (broad SMARTS) is 1. The summed E-state index contributed by atoms with van der Waals surface area (Å²) in [5, 5.41) is 12.2. The molecule has 5 nitrogen and oxygen atoms in total. The Morgan fingerprint density at radius 1 is 1.48 bits per heavy atom. The topological polar surface area (TPSA) is 69.6 Å². The first-order chi connectivity index (χ1) is 10.0. The van der Waals surface area contributed by atoms with E-state index >= 15 is 0 Å². The van der Waals surface area contributed by atoms with Crippen LogP contribution in [0.5, 0.6) is 0 Å². The summed E-state index contributed by atoms with van der Waals surface area (Å²) in [6.07, 6.45) is 3.24. The van der Waals surface area contributed by atoms with Gasteiger partial charge in [0.15, 0.2) is 0 Å². The third-order valence-corrected chi connectivity index (χ3v) is 4.25. The molecule has 1 aromatic carbocycles. The number of fused-ring (bicyclic) bond motifs is 1. The number of rotatable bonds is 5. The van der Waals surface area contributed by atoms with Crippen molar-refractivity contribution in [2.75, 3.05) is 16.9 Å². The van der Waals surface area contributed by atoms with Gasteiger partial charge in [-0.15, -0.1) is 0 Å². The quantitative estimate of drug-likeness (QED) is 0.876. The van der Waals surface area contributed by atoms with Crippen LogP contribution in [0.4, 0.5) is 10.5 Å². The minimum absolute atomic E-state index is 0.0205. The van der Waals surface area contributed by atoms with Crippen molar-refractivity contribution < 1.29 is 14.7 Å². The number of carbonyl (C=O) groups is 2. The van der Waals surface area contributed by atoms with Crippen LogP contribution in [0, 0.1) is 0 Å². The number of hydrogen-bond donors (Lipinski definition) is 2. The van der Waals surface area contributed by atoms with Crippen molar-refractivity contribution in [3.05, 3.63) is 29.8 Å². The Bertz CT molecular complexity index is 535. The van der Waals surface area contributed by atoms with Gasteiger partial charge in [-0.05, 0) is 37.0 Å². The number of nitrogens with zero attached hydrogens (tertiary/aromatic N) is 1. The van der Waals surface area contributed by atoms with E-state index < -0.39 is 12.0 Å². The SMILES string of the molecule is CSCCC(C)NC(=O)N1c2ccccc2CC1C(=O)O. The van der Waals surface area contributed by atoms with Crippen LogP contribution < -0.4 is 10.2 Å². The lowest BCUT2D eigenvalue weighted by Crippen LogP contribution is -2.50. The molecule has 0 saturated heterocycles. The van der Waals surface area contributed by atoms with Crippen molar-refractivity contribution >= 4 is 29.4 Å². The number of benzene rings is 1. The van der Waals surface area contributed by atoms with E-state index in [2.05, 4.69) is 5.32 Å². The molecule has 1 aliphatic heterocycles. The summed E-state index contributed by atoms with van der Waals surface area (Å²) in [5.74, 6) is -0.0152. The van der Waals surface area contributed by atoms with E-state index in [4.69, 9.17) is 0 Å². The molecule has 2 N–H and O–H groups in total. The normalized spacial score (nSPS) is 18.2. The molecule has 0 bridgehead atoms. The molecule has 0 radical (unpaired) electrons. The van der Waals surface area contributed by atoms with Crippen molar-refractivity contribution in [1.29, 1.82) is 0 Å². The largest absolute Gasteiger partial charge is 0.480 e. The average molecular weight is 308 g/mol. The number of thioether (sulfide) groups is 1. The molecular formula is C15H20N2O3S. The third kappa shape index (κ3) is 3.50. The summed E-state index contributed by atoms with van der Waals surface area (Å²) in [6, 6.07) is 6.21. The number of hydrogen-bond acceptors (Lipinski definition) is 3. The summed E-state index contributed by atoms with van der Waals surface area (Å²) >= 11 is 1.72. The Labute approximate surface area is 128 Å². The maximum absolute atomic E-state index is 12.4. The standard InChI is InChI=1S/C15H20N2O3S/c1-10(7-8-21-2)16-15(20)17-12-6-4-3-5-11(12)9-13(17)14(18)19/h3-6,10,13H,7-9H2,1-2H3,(H,16,20)(H,18,19). The van der Waals surface area contributed by atoms with Gasteiger partial charge < -0.3 is 10.4 Å². The fourth-order valence-corrected chi connectivity index (χ4v) is 3.07. The van der Waals surface area contributed by atoms with Gasteiger partial charge in [-0.25, -0.2) is 9.59 Å². The predicted octanol–water partition coefficient (Wildman–Crippen LogP) is 2.35. The molecule has 1 heterocycles. The fraction of sp³-hybridized carbons (Fsp3) is 0.467. The molecule has 0 fully saturated rings. The zero-order chi connectivity index (χ0) is 15.4. The Morgan fingerprint density at radius 2 is 2.19 bits per heavy atom. The monoisotopic (exact) mass is 308 g/mol. The van der Waals surface area contributed by atoms with Crippen molar-refractivity contribution in [3.63, 3.8) is 0 Å². The van der Waals surface area contributed by atoms with Gasteiger partial charge >= 0.3 is 12.0 Å². The molecule has 21 heavy (non-hydrogen) atoms. The number of carbonyl (C=O) groups excluding carboxylic acids is 1. The number of amides is 2. The van der Waals surface area contributed by atoms with Gasteiger partial charge in [-0.3, -0.25) is 4.90 Å². The number of anilines is 1. The first-order valence-electron chi connectivity index (χ1n) is 6.94. The second kappa shape index (κ2) is 6.85. The second-order valence-corrected chi connectivity index (χ2v) is 6.17. The zero-order valence-corrected chi connectivity index (χ0v) is 13.0. The van der Waals surface area contributed by atoms with Crippen molar-refractivity contribution in [1.82, 2.24) is 5.32 Å². The molecule has 6 heteroatoms. The fourth-order valence-electron chi connectivity index (χ4n) is 2.48. The summed E-state index contributed by atoms with van der Waals surface area (Å²) in [5.41, 5.74) is 1.59. The Kier molecular flexibility index (Phi) is 5.12. The number of para-hydroxylation sites is 1. The predicted molar refractivity (Wildman–Crippen MR) is 85.0 cm³/mol. The highest BCUT2D eigenvalue weighted by Gasteiger charge is 2.38. The molecular weight excluding hydrogens is 288 g/mol. The van der Waals surface area contributed by atoms with Crippen LogP contribution in [-0.4, -0.2) is 41.2 Å². The van der Waals surface area contributed by atoms with E-state index in [1.165, 1.54) is 4.90 Å². The van der Waals surface area contributed by atoms with Crippen LogP contribution in [-0.2, 0) is 11.2 Å². The molecule has 0 saturated carbocycles. The highest BCUT2D eigenvalue weighted by Crippen LogP contribution is 2.32. The Hall–Kier alpha value is -1.69. The summed E-state index contributed by atoms with van der Waals surface area (Å²) in [4.78, 5) is 25.2. The van der Waals surface area contributed by atoms with E-state index in [1.807, 2.05) is 31.4 Å². The maximum atomic E-state index is 12.4. The van der Waals surface area contributed by atoms with E-state index in [1.54, 1.807) is 17.8 Å². The maximum Gasteiger partial charge on any atom is 0.327 e. The Balaban J connectivity index is 2.15. The third-order valence-electron chi connectivity index (χ3n) is 3.60. The van der Waals surface area contributed by atoms with Gasteiger partial charge in [0.1, 0.15) is 6.04 Å². The minimum atomic E-state index is -0.974. The van der Waals surface area contributed by atoms with Crippen molar-refractivity contribution in [2.24, 2.45) is 0 Å². The highest BCUT2D eigenvalue weighted by atomic mass is 32.2. The van der Waals surface area contributed by atoms with Crippen LogP contribution in [0.25, 0.3) is 0 Å². The van der Waals surface area contributed by atoms with Crippen LogP contribution in [0.1, 0.15) is 18.9 Å². The van der Waals surface area contributed by atoms with E-state index in [0.717, 1.165) is 17.7 Å². The summed E-state index contributed by atoms with van der Waals surface area (Å²) in [7, 11) is 0. The van der Waals surface area contributed by atoms with Gasteiger partial charge in [0.25, 0.3) is 0 Å². The van der Waals surface area contributed by atoms with Crippen LogP contribution in [0.2, 0.25) is 0 Å². The molecule has 1 aromatic rings. The first-order valence-corrected chi connectivity index (χ1v) is 8.33. The minimum Gasteiger partial charge on any atom is -0.480 e. The van der Waals surface area contributed by atoms with Gasteiger partial charge in [-0.2, -0.15) is 11.8 Å². The first kappa shape index (κ1) is 15.7. The molecule has 0 aliphatic carbocycles. The molecule has 0 aromatic heterocycles. The van der Waals surface area contributed by atoms with Crippen LogP contribution in [0.3, 0.4) is 0 Å².